The van der Waals surface area contributed by atoms with Gasteiger partial charge in [-0.05, 0) is 19.1 Å². The summed E-state index contributed by atoms with van der Waals surface area (Å²) in [4.78, 5) is 33.4. The van der Waals surface area contributed by atoms with Crippen molar-refractivity contribution < 1.29 is 23.5 Å². The van der Waals surface area contributed by atoms with Crippen molar-refractivity contribution in [2.75, 3.05) is 0 Å². The number of hydrogen-bond donors (Lipinski definition) is 2. The Bertz CT molecular complexity index is 515. The average molecular weight is 289 g/mol. The quantitative estimate of drug-likeness (QED) is 0.817. The molecular formula is C11H10ClFN2O4. The molecule has 19 heavy (non-hydrogen) atoms. The predicted molar refractivity (Wildman–Crippen MR) is 64.0 cm³/mol. The zero-order valence-electron chi connectivity index (χ0n) is 9.78. The zero-order chi connectivity index (χ0) is 14.6. The second-order valence-electron chi connectivity index (χ2n) is 3.50. The van der Waals surface area contributed by atoms with Crippen molar-refractivity contribution in [2.45, 2.75) is 13.0 Å². The molecule has 0 fully saturated rings. The third-order valence-electron chi connectivity index (χ3n) is 2.07. The number of ether oxygens (including phenoxy) is 1. The molecule has 0 aliphatic carbocycles. The predicted octanol–water partition coefficient (Wildman–Crippen LogP) is 1.22. The van der Waals surface area contributed by atoms with Gasteiger partial charge < -0.3 is 10.5 Å². The molecule has 1 aromatic carbocycles. The molecule has 0 unspecified atom stereocenters. The highest BCUT2D eigenvalue weighted by molar-refractivity contribution is 6.33. The van der Waals surface area contributed by atoms with Crippen LogP contribution in [0.5, 0.6) is 0 Å². The van der Waals surface area contributed by atoms with Crippen LogP contribution in [-0.4, -0.2) is 24.0 Å². The first-order valence-electron chi connectivity index (χ1n) is 5.08. The molecule has 6 nitrogen and oxygen atoms in total. The van der Waals surface area contributed by atoms with Crippen LogP contribution in [0.25, 0.3) is 0 Å². The van der Waals surface area contributed by atoms with Crippen molar-refractivity contribution in [1.29, 1.82) is 0 Å². The molecule has 0 saturated carbocycles. The minimum absolute atomic E-state index is 0.146. The molecule has 1 atom stereocenters. The number of nitrogens with one attached hydrogen (secondary N) is 1. The summed E-state index contributed by atoms with van der Waals surface area (Å²) in [6, 6.07) is 2.56. The normalized spacial score (nSPS) is 11.5. The monoisotopic (exact) mass is 288 g/mol. The van der Waals surface area contributed by atoms with E-state index in [1.165, 1.54) is 19.1 Å². The molecule has 0 aromatic heterocycles. The standard InChI is InChI=1S/C11H10ClFN2O4/c1-5(9(16)15-11(14)18)19-10(17)8-6(12)3-2-4-7(8)13/h2-5H,1H3,(H3,14,15,16,18)/t5-/m1/s1. The summed E-state index contributed by atoms with van der Waals surface area (Å²) < 4.78 is 18.1. The zero-order valence-corrected chi connectivity index (χ0v) is 10.5. The number of primary amides is 1. The summed E-state index contributed by atoms with van der Waals surface area (Å²) >= 11 is 5.66. The van der Waals surface area contributed by atoms with Crippen LogP contribution in [0.1, 0.15) is 17.3 Å². The van der Waals surface area contributed by atoms with Crippen molar-refractivity contribution >= 4 is 29.5 Å². The van der Waals surface area contributed by atoms with Crippen LogP contribution in [-0.2, 0) is 9.53 Å². The fraction of sp³-hybridized carbons (Fsp3) is 0.182. The van der Waals surface area contributed by atoms with E-state index in [1.54, 1.807) is 5.32 Å². The topological polar surface area (TPSA) is 98.5 Å². The highest BCUT2D eigenvalue weighted by atomic mass is 35.5. The van der Waals surface area contributed by atoms with Gasteiger partial charge in [0.05, 0.1) is 5.02 Å². The molecular weight excluding hydrogens is 279 g/mol. The van der Waals surface area contributed by atoms with Gasteiger partial charge in [-0.3, -0.25) is 10.1 Å². The number of benzene rings is 1. The summed E-state index contributed by atoms with van der Waals surface area (Å²) in [5.74, 6) is -2.91. The second-order valence-corrected chi connectivity index (χ2v) is 3.90. The number of urea groups is 1. The first-order valence-corrected chi connectivity index (χ1v) is 5.46. The van der Waals surface area contributed by atoms with Gasteiger partial charge in [-0.15, -0.1) is 0 Å². The third kappa shape index (κ3) is 3.92. The van der Waals surface area contributed by atoms with Crippen molar-refractivity contribution in [3.8, 4) is 0 Å². The molecule has 102 valence electrons. The number of halogens is 2. The maximum Gasteiger partial charge on any atom is 0.343 e. The van der Waals surface area contributed by atoms with Gasteiger partial charge in [0.1, 0.15) is 11.4 Å². The number of rotatable bonds is 3. The number of esters is 1. The molecule has 1 aromatic rings. The Hall–Kier alpha value is -2.15. The van der Waals surface area contributed by atoms with Gasteiger partial charge in [0, 0.05) is 0 Å². The summed E-state index contributed by atoms with van der Waals surface area (Å²) in [6.07, 6.45) is -1.32. The van der Waals surface area contributed by atoms with Crippen LogP contribution >= 0.6 is 11.6 Å². The van der Waals surface area contributed by atoms with Crippen LogP contribution in [0.3, 0.4) is 0 Å². The highest BCUT2D eigenvalue weighted by Gasteiger charge is 2.23. The first kappa shape index (κ1) is 14.9. The molecule has 0 aliphatic heterocycles. The lowest BCUT2D eigenvalue weighted by Crippen LogP contribution is -2.42. The van der Waals surface area contributed by atoms with E-state index in [4.69, 9.17) is 17.3 Å². The second kappa shape index (κ2) is 6.14. The van der Waals surface area contributed by atoms with E-state index in [0.29, 0.717) is 0 Å². The van der Waals surface area contributed by atoms with Crippen LogP contribution in [0.4, 0.5) is 9.18 Å². The fourth-order valence-electron chi connectivity index (χ4n) is 1.19. The number of carbonyl (C=O) groups excluding carboxylic acids is 3. The number of imide groups is 1. The number of carbonyl (C=O) groups is 3. The van der Waals surface area contributed by atoms with E-state index >= 15 is 0 Å². The molecule has 0 spiro atoms. The van der Waals surface area contributed by atoms with Crippen LogP contribution in [0.2, 0.25) is 5.02 Å². The van der Waals surface area contributed by atoms with Gasteiger partial charge in [-0.2, -0.15) is 0 Å². The Kier molecular flexibility index (Phi) is 4.82. The van der Waals surface area contributed by atoms with E-state index in [2.05, 4.69) is 4.74 Å². The molecule has 0 aliphatic rings. The van der Waals surface area contributed by atoms with Gasteiger partial charge in [0.15, 0.2) is 6.10 Å². The SMILES string of the molecule is C[C@@H](OC(=O)c1c(F)cccc1Cl)C(=O)NC(N)=O. The van der Waals surface area contributed by atoms with Gasteiger partial charge >= 0.3 is 12.0 Å². The van der Waals surface area contributed by atoms with Crippen LogP contribution in [0.15, 0.2) is 18.2 Å². The maximum absolute atomic E-state index is 13.4. The smallest absolute Gasteiger partial charge is 0.343 e. The summed E-state index contributed by atoms with van der Waals surface area (Å²) in [7, 11) is 0. The minimum atomic E-state index is -1.32. The average Bonchev–Trinajstić information content (AvgIpc) is 2.27. The van der Waals surface area contributed by atoms with Crippen LogP contribution in [0, 0.1) is 5.82 Å². The fourth-order valence-corrected chi connectivity index (χ4v) is 1.43. The van der Waals surface area contributed by atoms with Crippen LogP contribution < -0.4 is 11.1 Å². The molecule has 8 heteroatoms. The van der Waals surface area contributed by atoms with Gasteiger partial charge in [0.2, 0.25) is 0 Å². The molecule has 1 rings (SSSR count). The van der Waals surface area contributed by atoms with E-state index < -0.39 is 35.4 Å². The summed E-state index contributed by atoms with van der Waals surface area (Å²) in [5, 5.41) is 1.58. The lowest BCUT2D eigenvalue weighted by molar-refractivity contribution is -0.127. The minimum Gasteiger partial charge on any atom is -0.449 e. The van der Waals surface area contributed by atoms with E-state index in [9.17, 15) is 18.8 Å². The Balaban J connectivity index is 2.80. The summed E-state index contributed by atoms with van der Waals surface area (Å²) in [6.45, 7) is 1.20. The number of amides is 3. The number of hydrogen-bond acceptors (Lipinski definition) is 4. The summed E-state index contributed by atoms with van der Waals surface area (Å²) in [5.41, 5.74) is 4.25. The third-order valence-corrected chi connectivity index (χ3v) is 2.38. The van der Waals surface area contributed by atoms with E-state index in [0.717, 1.165) is 6.07 Å². The molecule has 0 heterocycles. The van der Waals surface area contributed by atoms with Crippen molar-refractivity contribution in [3.63, 3.8) is 0 Å². The highest BCUT2D eigenvalue weighted by Crippen LogP contribution is 2.20. The molecule has 3 N–H and O–H groups in total. The first-order chi connectivity index (χ1) is 8.82. The van der Waals surface area contributed by atoms with Crippen molar-refractivity contribution in [2.24, 2.45) is 5.73 Å². The van der Waals surface area contributed by atoms with Crippen molar-refractivity contribution in [1.82, 2.24) is 5.32 Å². The maximum atomic E-state index is 13.4. The van der Waals surface area contributed by atoms with Gasteiger partial charge in [0.25, 0.3) is 5.91 Å². The lowest BCUT2D eigenvalue weighted by Gasteiger charge is -2.12. The van der Waals surface area contributed by atoms with Gasteiger partial charge in [-0.25, -0.2) is 14.0 Å². The molecule has 0 bridgehead atoms. The Morgan fingerprint density at radius 1 is 1.42 bits per heavy atom. The number of nitrogens with two attached hydrogens (primary N) is 1. The molecule has 0 saturated heterocycles. The Labute approximate surface area is 112 Å². The van der Waals surface area contributed by atoms with Gasteiger partial charge in [-0.1, -0.05) is 17.7 Å². The van der Waals surface area contributed by atoms with E-state index in [1.807, 2.05) is 0 Å². The Morgan fingerprint density at radius 3 is 2.58 bits per heavy atom. The lowest BCUT2D eigenvalue weighted by atomic mass is 10.2. The molecule has 0 radical (unpaired) electrons. The Morgan fingerprint density at radius 2 is 2.05 bits per heavy atom. The van der Waals surface area contributed by atoms with E-state index in [-0.39, 0.29) is 5.02 Å². The largest absolute Gasteiger partial charge is 0.449 e. The molecule has 3 amide bonds. The van der Waals surface area contributed by atoms with Crippen molar-refractivity contribution in [3.05, 3.63) is 34.6 Å².